The zero-order valence-electron chi connectivity index (χ0n) is 20.2. The van der Waals surface area contributed by atoms with Crippen LogP contribution in [0.25, 0.3) is 11.3 Å². The van der Waals surface area contributed by atoms with Gasteiger partial charge in [0.05, 0.1) is 5.69 Å². The van der Waals surface area contributed by atoms with Crippen LogP contribution in [0.1, 0.15) is 72.3 Å². The SMILES string of the molecule is C.CN(C)C(Cc1ccc(-c2ccccn2)cc1)C1=CCC/C(CC(C)(C)C)=C\CCC1. The van der Waals surface area contributed by atoms with E-state index >= 15 is 0 Å². The van der Waals surface area contributed by atoms with Gasteiger partial charge in [0.15, 0.2) is 0 Å². The van der Waals surface area contributed by atoms with Crippen molar-refractivity contribution in [3.05, 3.63) is 77.5 Å². The van der Waals surface area contributed by atoms with Gasteiger partial charge in [-0.25, -0.2) is 0 Å². The zero-order valence-corrected chi connectivity index (χ0v) is 20.2. The Morgan fingerprint density at radius 2 is 1.69 bits per heavy atom. The normalized spacial score (nSPS) is 17.8. The summed E-state index contributed by atoms with van der Waals surface area (Å²) in [5, 5.41) is 0. The largest absolute Gasteiger partial charge is 0.302 e. The Hall–Kier alpha value is -2.19. The molecule has 0 bridgehead atoms. The molecule has 2 heteroatoms. The molecule has 1 unspecified atom stereocenters. The van der Waals surface area contributed by atoms with Crippen molar-refractivity contribution in [1.29, 1.82) is 0 Å². The number of aromatic nitrogens is 1. The topological polar surface area (TPSA) is 16.1 Å². The molecule has 0 aliphatic heterocycles. The van der Waals surface area contributed by atoms with E-state index in [9.17, 15) is 0 Å². The number of hydrogen-bond acceptors (Lipinski definition) is 2. The highest BCUT2D eigenvalue weighted by Crippen LogP contribution is 2.30. The molecule has 1 aliphatic carbocycles. The first kappa shape index (κ1) is 26.1. The summed E-state index contributed by atoms with van der Waals surface area (Å²) in [5.41, 5.74) is 7.26. The van der Waals surface area contributed by atoms with Crippen molar-refractivity contribution in [2.45, 2.75) is 79.2 Å². The molecular formula is C30H44N2. The molecule has 3 rings (SSSR count). The third kappa shape index (κ3) is 8.06. The van der Waals surface area contributed by atoms with Crippen LogP contribution in [0.5, 0.6) is 0 Å². The quantitative estimate of drug-likeness (QED) is 0.428. The van der Waals surface area contributed by atoms with Gasteiger partial charge in [0.25, 0.3) is 0 Å². The minimum absolute atomic E-state index is 0. The third-order valence-corrected chi connectivity index (χ3v) is 6.13. The van der Waals surface area contributed by atoms with Crippen molar-refractivity contribution >= 4 is 0 Å². The van der Waals surface area contributed by atoms with Gasteiger partial charge in [0, 0.05) is 17.8 Å². The molecule has 0 saturated carbocycles. The van der Waals surface area contributed by atoms with Crippen molar-refractivity contribution < 1.29 is 0 Å². The highest BCUT2D eigenvalue weighted by molar-refractivity contribution is 5.59. The Bertz CT molecular complexity index is 867. The summed E-state index contributed by atoms with van der Waals surface area (Å²) in [4.78, 5) is 6.88. The van der Waals surface area contributed by atoms with E-state index in [0.717, 1.165) is 12.1 Å². The van der Waals surface area contributed by atoms with Crippen molar-refractivity contribution in [2.75, 3.05) is 14.1 Å². The van der Waals surface area contributed by atoms with Crippen LogP contribution < -0.4 is 0 Å². The first-order valence-electron chi connectivity index (χ1n) is 11.9. The Kier molecular flexibility index (Phi) is 9.90. The maximum atomic E-state index is 4.48. The first-order valence-corrected chi connectivity index (χ1v) is 11.9. The second kappa shape index (κ2) is 12.2. The highest BCUT2D eigenvalue weighted by Gasteiger charge is 2.19. The predicted molar refractivity (Wildman–Crippen MR) is 141 cm³/mol. The maximum Gasteiger partial charge on any atom is 0.0701 e. The highest BCUT2D eigenvalue weighted by atomic mass is 15.1. The number of rotatable bonds is 6. The first-order chi connectivity index (χ1) is 14.8. The predicted octanol–water partition coefficient (Wildman–Crippen LogP) is 8.11. The Labute approximate surface area is 197 Å². The molecule has 0 spiro atoms. The van der Waals surface area contributed by atoms with Crippen LogP contribution in [0, 0.1) is 5.41 Å². The second-order valence-electron chi connectivity index (χ2n) is 10.4. The van der Waals surface area contributed by atoms with E-state index in [-0.39, 0.29) is 7.43 Å². The molecular weight excluding hydrogens is 388 g/mol. The molecule has 0 N–H and O–H groups in total. The molecule has 1 aromatic carbocycles. The summed E-state index contributed by atoms with van der Waals surface area (Å²) in [6.07, 6.45) is 15.3. The smallest absolute Gasteiger partial charge is 0.0701 e. The van der Waals surface area contributed by atoms with Crippen LogP contribution in [0.2, 0.25) is 0 Å². The molecule has 2 nitrogen and oxygen atoms in total. The second-order valence-corrected chi connectivity index (χ2v) is 10.4. The standard InChI is InChI=1S/C29H40N2.CH4/c1-29(2,3)22-24-11-6-7-13-26(14-10-12-24)28(31(4)5)21-23-16-18-25(19-17-23)27-15-8-9-20-30-27;/h8-9,11,14-20,28H,6-7,10,12-13,21-22H2,1-5H3;1H4/b24-11+,26-14?;. The number of nitrogens with zero attached hydrogens (tertiary/aromatic N) is 2. The summed E-state index contributed by atoms with van der Waals surface area (Å²) in [6, 6.07) is 15.5. The van der Waals surface area contributed by atoms with Crippen molar-refractivity contribution in [2.24, 2.45) is 5.41 Å². The number of pyridine rings is 1. The van der Waals surface area contributed by atoms with Gasteiger partial charge in [-0.1, -0.05) is 81.8 Å². The lowest BCUT2D eigenvalue weighted by Gasteiger charge is -2.28. The van der Waals surface area contributed by atoms with E-state index in [1.165, 1.54) is 49.7 Å². The summed E-state index contributed by atoms with van der Waals surface area (Å²) in [7, 11) is 4.45. The minimum Gasteiger partial charge on any atom is -0.302 e. The molecule has 0 saturated heterocycles. The summed E-state index contributed by atoms with van der Waals surface area (Å²) < 4.78 is 0. The van der Waals surface area contributed by atoms with E-state index in [0.29, 0.717) is 11.5 Å². The molecule has 1 heterocycles. The monoisotopic (exact) mass is 432 g/mol. The van der Waals surface area contributed by atoms with Crippen LogP contribution in [0.15, 0.2) is 72.0 Å². The van der Waals surface area contributed by atoms with Gasteiger partial charge >= 0.3 is 0 Å². The minimum atomic E-state index is 0. The molecule has 174 valence electrons. The van der Waals surface area contributed by atoms with Gasteiger partial charge in [0.1, 0.15) is 0 Å². The molecule has 32 heavy (non-hydrogen) atoms. The van der Waals surface area contributed by atoms with Gasteiger partial charge in [-0.05, 0) is 82.2 Å². The van der Waals surface area contributed by atoms with Crippen LogP contribution in [0.3, 0.4) is 0 Å². The molecule has 1 aromatic heterocycles. The summed E-state index contributed by atoms with van der Waals surface area (Å²) >= 11 is 0. The van der Waals surface area contributed by atoms with Gasteiger partial charge in [-0.2, -0.15) is 0 Å². The lowest BCUT2D eigenvalue weighted by atomic mass is 9.86. The fraction of sp³-hybridized carbons (Fsp3) is 0.500. The third-order valence-electron chi connectivity index (χ3n) is 6.13. The van der Waals surface area contributed by atoms with Gasteiger partial charge < -0.3 is 4.90 Å². The molecule has 1 atom stereocenters. The number of benzene rings is 1. The summed E-state index contributed by atoms with van der Waals surface area (Å²) in [6.45, 7) is 7.05. The molecule has 0 radical (unpaired) electrons. The molecule has 1 aliphatic rings. The molecule has 2 aromatic rings. The van der Waals surface area contributed by atoms with E-state index in [2.05, 4.69) is 87.2 Å². The van der Waals surface area contributed by atoms with E-state index in [4.69, 9.17) is 0 Å². The van der Waals surface area contributed by atoms with Crippen LogP contribution in [-0.2, 0) is 6.42 Å². The Morgan fingerprint density at radius 3 is 2.31 bits per heavy atom. The lowest BCUT2D eigenvalue weighted by molar-refractivity contribution is 0.321. The van der Waals surface area contributed by atoms with Crippen molar-refractivity contribution in [3.8, 4) is 11.3 Å². The molecule has 0 fully saturated rings. The van der Waals surface area contributed by atoms with E-state index in [1.54, 1.807) is 11.1 Å². The summed E-state index contributed by atoms with van der Waals surface area (Å²) in [5.74, 6) is 0. The fourth-order valence-corrected chi connectivity index (χ4v) is 4.62. The lowest BCUT2D eigenvalue weighted by Crippen LogP contribution is -2.32. The van der Waals surface area contributed by atoms with Crippen LogP contribution in [0.4, 0.5) is 0 Å². The van der Waals surface area contributed by atoms with Gasteiger partial charge in [0.2, 0.25) is 0 Å². The Balaban J connectivity index is 0.00000363. The number of hydrogen-bond donors (Lipinski definition) is 0. The molecule has 0 amide bonds. The van der Waals surface area contributed by atoms with Crippen LogP contribution in [-0.4, -0.2) is 30.0 Å². The zero-order chi connectivity index (χ0) is 22.3. The maximum absolute atomic E-state index is 4.48. The number of allylic oxidation sites excluding steroid dienone is 3. The van der Waals surface area contributed by atoms with Crippen LogP contribution >= 0.6 is 0 Å². The van der Waals surface area contributed by atoms with Gasteiger partial charge in [-0.15, -0.1) is 0 Å². The average Bonchev–Trinajstić information content (AvgIpc) is 2.84. The van der Waals surface area contributed by atoms with Crippen molar-refractivity contribution in [3.63, 3.8) is 0 Å². The fourth-order valence-electron chi connectivity index (χ4n) is 4.62. The van der Waals surface area contributed by atoms with E-state index in [1.807, 2.05) is 18.3 Å². The Morgan fingerprint density at radius 1 is 0.938 bits per heavy atom. The van der Waals surface area contributed by atoms with Crippen molar-refractivity contribution in [1.82, 2.24) is 9.88 Å². The van der Waals surface area contributed by atoms with Gasteiger partial charge in [-0.3, -0.25) is 4.98 Å². The average molecular weight is 433 g/mol. The van der Waals surface area contributed by atoms with E-state index < -0.39 is 0 Å². The number of likely N-dealkylation sites (N-methyl/N-ethyl adjacent to an activating group) is 1.